The molecule has 2 aromatic rings. The zero-order valence-corrected chi connectivity index (χ0v) is 23.5. The zero-order chi connectivity index (χ0) is 25.7. The Bertz CT molecular complexity index is 1100. The lowest BCUT2D eigenvalue weighted by molar-refractivity contribution is -0.133. The largest absolute Gasteiger partial charge is 0.507 e. The highest BCUT2D eigenvalue weighted by molar-refractivity contribution is 9.10. The van der Waals surface area contributed by atoms with Gasteiger partial charge in [-0.1, -0.05) is 6.07 Å². The summed E-state index contributed by atoms with van der Waals surface area (Å²) in [5, 5.41) is 13.0. The van der Waals surface area contributed by atoms with Gasteiger partial charge in [-0.25, -0.2) is 4.79 Å². The molecule has 10 heteroatoms. The minimum absolute atomic E-state index is 0.258. The molecule has 1 aromatic carbocycles. The second-order valence-corrected chi connectivity index (χ2v) is 11.3. The van der Waals surface area contributed by atoms with E-state index < -0.39 is 0 Å². The molecule has 2 saturated heterocycles. The molecule has 0 saturated carbocycles. The van der Waals surface area contributed by atoms with Crippen molar-refractivity contribution < 1.29 is 14.7 Å². The average molecular weight is 623 g/mol. The van der Waals surface area contributed by atoms with Crippen molar-refractivity contribution in [3.63, 3.8) is 0 Å². The third-order valence-corrected chi connectivity index (χ3v) is 8.53. The molecule has 0 bridgehead atoms. The average Bonchev–Trinajstić information content (AvgIpc) is 3.07. The van der Waals surface area contributed by atoms with E-state index in [1.54, 1.807) is 11.0 Å². The lowest BCUT2D eigenvalue weighted by atomic mass is 9.93. The maximum atomic E-state index is 12.1. The summed E-state index contributed by atoms with van der Waals surface area (Å²) < 4.78 is 1.85. The Morgan fingerprint density at radius 1 is 1.06 bits per heavy atom. The predicted octanol–water partition coefficient (Wildman–Crippen LogP) is 3.60. The molecule has 2 fully saturated rings. The molecule has 2 aliphatic heterocycles. The fraction of sp³-hybridized carbons (Fsp3) is 0.500. The first-order chi connectivity index (χ1) is 17.3. The van der Waals surface area contributed by atoms with Crippen LogP contribution >= 0.6 is 31.9 Å². The van der Waals surface area contributed by atoms with Crippen LogP contribution in [-0.2, 0) is 24.1 Å². The molecule has 194 valence electrons. The molecular weight excluding hydrogens is 590 g/mol. The minimum atomic E-state index is -0.345. The fourth-order valence-electron chi connectivity index (χ4n) is 5.06. The molecule has 5 rings (SSSR count). The number of hydrogen-bond acceptors (Lipinski definition) is 5. The number of phenolic OH excluding ortho intramolecular Hbond substituents is 1. The molecule has 1 aromatic heterocycles. The van der Waals surface area contributed by atoms with Crippen LogP contribution in [0.15, 0.2) is 33.3 Å². The number of phenols is 1. The van der Waals surface area contributed by atoms with E-state index >= 15 is 0 Å². The van der Waals surface area contributed by atoms with Gasteiger partial charge >= 0.3 is 6.03 Å². The number of nitrogens with one attached hydrogen (secondary N) is 1. The number of aryl methyl sites for hydroxylation is 1. The van der Waals surface area contributed by atoms with Crippen molar-refractivity contribution in [3.05, 3.63) is 55.7 Å². The Morgan fingerprint density at radius 2 is 1.78 bits per heavy atom. The maximum absolute atomic E-state index is 12.1. The zero-order valence-electron chi connectivity index (χ0n) is 20.3. The molecule has 0 radical (unpaired) electrons. The molecule has 1 aliphatic carbocycles. The van der Waals surface area contributed by atoms with Gasteiger partial charge in [0.25, 0.3) is 0 Å². The Labute approximate surface area is 228 Å². The van der Waals surface area contributed by atoms with Crippen molar-refractivity contribution in [3.8, 4) is 5.75 Å². The van der Waals surface area contributed by atoms with Gasteiger partial charge in [-0.05, 0) is 92.3 Å². The van der Waals surface area contributed by atoms with Gasteiger partial charge in [-0.3, -0.25) is 9.78 Å². The highest BCUT2D eigenvalue weighted by Crippen LogP contribution is 2.34. The Kier molecular flexibility index (Phi) is 9.25. The van der Waals surface area contributed by atoms with Crippen LogP contribution in [0.1, 0.15) is 41.6 Å². The smallest absolute Gasteiger partial charge is 0.314 e. The minimum Gasteiger partial charge on any atom is -0.507 e. The lowest BCUT2D eigenvalue weighted by Gasteiger charge is -2.33. The molecule has 0 unspecified atom stereocenters. The third-order valence-electron chi connectivity index (χ3n) is 7.21. The summed E-state index contributed by atoms with van der Waals surface area (Å²) in [6.07, 6.45) is 6.95. The van der Waals surface area contributed by atoms with Gasteiger partial charge in [-0.2, -0.15) is 0 Å². The van der Waals surface area contributed by atoms with Crippen LogP contribution in [0.3, 0.4) is 0 Å². The summed E-state index contributed by atoms with van der Waals surface area (Å²) in [7, 11) is 0. The number of carbonyl (C=O) groups excluding carboxylic acids is 2. The highest BCUT2D eigenvalue weighted by Gasteiger charge is 2.25. The number of nitrogens with two attached hydrogens (primary N) is 1. The number of piperidine rings is 1. The van der Waals surface area contributed by atoms with E-state index in [1.165, 1.54) is 16.7 Å². The predicted molar refractivity (Wildman–Crippen MR) is 146 cm³/mol. The van der Waals surface area contributed by atoms with Crippen LogP contribution in [0, 0.1) is 5.92 Å². The number of primary amides is 1. The van der Waals surface area contributed by atoms with Gasteiger partial charge in [0.15, 0.2) is 0 Å². The van der Waals surface area contributed by atoms with Crippen LogP contribution in [-0.4, -0.2) is 71.1 Å². The molecule has 0 atom stereocenters. The number of urea groups is 1. The molecule has 0 spiro atoms. The van der Waals surface area contributed by atoms with E-state index in [-0.39, 0.29) is 11.9 Å². The number of carbonyl (C=O) groups is 2. The molecule has 3 aliphatic rings. The van der Waals surface area contributed by atoms with Crippen LogP contribution in [0.5, 0.6) is 5.75 Å². The molecule has 8 nitrogen and oxygen atoms in total. The summed E-state index contributed by atoms with van der Waals surface area (Å²) in [5.41, 5.74) is 10.1. The summed E-state index contributed by atoms with van der Waals surface area (Å²) in [6.45, 7) is 4.80. The van der Waals surface area contributed by atoms with Gasteiger partial charge < -0.3 is 26.0 Å². The van der Waals surface area contributed by atoms with Crippen molar-refractivity contribution in [2.75, 3.05) is 39.3 Å². The number of fused-ring (bicyclic) bond motifs is 2. The molecule has 36 heavy (non-hydrogen) atoms. The monoisotopic (exact) mass is 621 g/mol. The number of likely N-dealkylation sites (tertiary alicyclic amines) is 1. The van der Waals surface area contributed by atoms with E-state index in [9.17, 15) is 14.7 Å². The molecular formula is C26H33Br2N5O3. The fourth-order valence-corrected chi connectivity index (χ4v) is 6.02. The second kappa shape index (κ2) is 12.4. The van der Waals surface area contributed by atoms with Crippen LogP contribution in [0.25, 0.3) is 0 Å². The Balaban J connectivity index is 0.000000169. The summed E-state index contributed by atoms with van der Waals surface area (Å²) >= 11 is 6.95. The van der Waals surface area contributed by atoms with Gasteiger partial charge in [-0.15, -0.1) is 0 Å². The molecule has 3 heterocycles. The van der Waals surface area contributed by atoms with E-state index in [0.717, 1.165) is 72.9 Å². The van der Waals surface area contributed by atoms with Gasteiger partial charge in [0.05, 0.1) is 4.47 Å². The summed E-state index contributed by atoms with van der Waals surface area (Å²) in [5.74, 6) is 0.978. The number of aromatic nitrogens is 1. The lowest BCUT2D eigenvalue weighted by Crippen LogP contribution is -2.47. The molecule has 3 amide bonds. The topological polar surface area (TPSA) is 112 Å². The van der Waals surface area contributed by atoms with E-state index in [1.807, 2.05) is 17.2 Å². The Morgan fingerprint density at radius 3 is 2.47 bits per heavy atom. The number of halogens is 2. The number of benzene rings is 1. The quantitative estimate of drug-likeness (QED) is 0.474. The van der Waals surface area contributed by atoms with Crippen molar-refractivity contribution in [2.24, 2.45) is 11.7 Å². The van der Waals surface area contributed by atoms with Crippen molar-refractivity contribution in [1.82, 2.24) is 20.1 Å². The van der Waals surface area contributed by atoms with Gasteiger partial charge in [0.2, 0.25) is 5.91 Å². The first kappa shape index (κ1) is 26.9. The SMILES string of the molecule is NC(=O)N1CCC(CC(=O)N2CCNCC2)CC1.Oc1ccc2c(c1Br)CCc1cc(Br)cnc1C2. The number of piperazine rings is 1. The highest BCUT2D eigenvalue weighted by atomic mass is 79.9. The normalized spacial score (nSPS) is 17.8. The number of hydrogen-bond donors (Lipinski definition) is 3. The van der Waals surface area contributed by atoms with Crippen molar-refractivity contribution in [1.29, 1.82) is 0 Å². The number of pyridine rings is 1. The number of rotatable bonds is 2. The number of amides is 3. The summed E-state index contributed by atoms with van der Waals surface area (Å²) in [6, 6.07) is 5.53. The van der Waals surface area contributed by atoms with E-state index in [4.69, 9.17) is 5.73 Å². The number of nitrogens with zero attached hydrogens (tertiary/aromatic N) is 3. The first-order valence-corrected chi connectivity index (χ1v) is 14.1. The Hall–Kier alpha value is -2.17. The van der Waals surface area contributed by atoms with E-state index in [0.29, 0.717) is 31.2 Å². The maximum Gasteiger partial charge on any atom is 0.314 e. The van der Waals surface area contributed by atoms with Crippen molar-refractivity contribution in [2.45, 2.75) is 38.5 Å². The summed E-state index contributed by atoms with van der Waals surface area (Å²) in [4.78, 5) is 31.2. The van der Waals surface area contributed by atoms with Crippen LogP contribution in [0.4, 0.5) is 4.79 Å². The van der Waals surface area contributed by atoms with Crippen LogP contribution < -0.4 is 11.1 Å². The number of aromatic hydroxyl groups is 1. The molecule has 4 N–H and O–H groups in total. The van der Waals surface area contributed by atoms with Crippen molar-refractivity contribution >= 4 is 43.8 Å². The standard InChI is InChI=1S/C14H11Br2NO.C12H22N4O2/c15-10-5-9-1-3-11-8(6-12(9)17-7-10)2-4-13(18)14(11)16;13-12(18)16-5-1-10(2-6-16)9-11(17)15-7-3-14-4-8-15/h2,4-5,7,18H,1,3,6H2;10,14H,1-9H2,(H2,13,18). The van der Waals surface area contributed by atoms with Gasteiger partial charge in [0.1, 0.15) is 5.75 Å². The van der Waals surface area contributed by atoms with Gasteiger partial charge in [0, 0.05) is 68.5 Å². The second-order valence-electron chi connectivity index (χ2n) is 9.58. The van der Waals surface area contributed by atoms with Crippen LogP contribution in [0.2, 0.25) is 0 Å². The van der Waals surface area contributed by atoms with E-state index in [2.05, 4.69) is 48.2 Å². The first-order valence-electron chi connectivity index (χ1n) is 12.5. The third kappa shape index (κ3) is 6.77.